The van der Waals surface area contributed by atoms with E-state index in [1.807, 2.05) is 11.0 Å². The van der Waals surface area contributed by atoms with Gasteiger partial charge in [-0.3, -0.25) is 0 Å². The Kier molecular flexibility index (Phi) is 4.95. The topological polar surface area (TPSA) is 60.2 Å². The lowest BCUT2D eigenvalue weighted by molar-refractivity contribution is 0.104. The van der Waals surface area contributed by atoms with E-state index in [0.29, 0.717) is 24.1 Å². The van der Waals surface area contributed by atoms with Crippen molar-refractivity contribution in [2.24, 2.45) is 5.41 Å². The first-order valence-corrected chi connectivity index (χ1v) is 8.21. The lowest BCUT2D eigenvalue weighted by atomic mass is 9.75. The van der Waals surface area contributed by atoms with E-state index < -0.39 is 17.0 Å². The van der Waals surface area contributed by atoms with E-state index in [4.69, 9.17) is 5.26 Å². The summed E-state index contributed by atoms with van der Waals surface area (Å²) in [5.74, 6) is -0.455. The molecular weight excluding hydrogens is 324 g/mol. The van der Waals surface area contributed by atoms with Gasteiger partial charge in [-0.2, -0.15) is 5.26 Å². The maximum Gasteiger partial charge on any atom is 0.129 e. The van der Waals surface area contributed by atoms with Crippen molar-refractivity contribution in [3.05, 3.63) is 59.3 Å². The molecule has 2 aromatic rings. The molecule has 3 rings (SSSR count). The van der Waals surface area contributed by atoms with Crippen LogP contribution in [-0.4, -0.2) is 29.8 Å². The van der Waals surface area contributed by atoms with Gasteiger partial charge in [-0.15, -0.1) is 0 Å². The van der Waals surface area contributed by atoms with Crippen molar-refractivity contribution in [2.45, 2.75) is 19.3 Å². The summed E-state index contributed by atoms with van der Waals surface area (Å²) in [6.07, 6.45) is 3.45. The highest BCUT2D eigenvalue weighted by Crippen LogP contribution is 2.35. The van der Waals surface area contributed by atoms with Gasteiger partial charge in [-0.05, 0) is 43.0 Å². The average molecular weight is 343 g/mol. The fourth-order valence-electron chi connectivity index (χ4n) is 3.44. The maximum atomic E-state index is 14.0. The van der Waals surface area contributed by atoms with E-state index in [0.717, 1.165) is 31.3 Å². The Labute approximate surface area is 145 Å². The van der Waals surface area contributed by atoms with E-state index in [1.165, 1.54) is 18.3 Å². The molecule has 0 radical (unpaired) electrons. The van der Waals surface area contributed by atoms with E-state index in [1.54, 1.807) is 12.1 Å². The van der Waals surface area contributed by atoms with Crippen molar-refractivity contribution < 1.29 is 13.9 Å². The molecule has 0 unspecified atom stereocenters. The molecule has 1 saturated heterocycles. The third kappa shape index (κ3) is 3.77. The molecule has 1 aliphatic heterocycles. The Morgan fingerprint density at radius 3 is 2.76 bits per heavy atom. The molecule has 1 atom stereocenters. The molecule has 2 heterocycles. The smallest absolute Gasteiger partial charge is 0.129 e. The molecule has 0 amide bonds. The largest absolute Gasteiger partial charge is 0.396 e. The summed E-state index contributed by atoms with van der Waals surface area (Å²) in [6.45, 7) is 1.22. The zero-order valence-electron chi connectivity index (χ0n) is 13.8. The number of aliphatic hydroxyl groups excluding tert-OH is 1. The standard InChI is InChI=1S/C19H19F2N3O/c20-16-4-3-15(17(21)8-16)9-19(13-25)6-1-7-24(12-19)18-5-2-14(10-22)11-23-18/h2-5,8,11,25H,1,6-7,9,12-13H2/t19-/m0/s1. The second kappa shape index (κ2) is 7.16. The first kappa shape index (κ1) is 17.3. The molecule has 6 heteroatoms. The number of hydrogen-bond acceptors (Lipinski definition) is 4. The van der Waals surface area contributed by atoms with Gasteiger partial charge in [-0.25, -0.2) is 13.8 Å². The van der Waals surface area contributed by atoms with Gasteiger partial charge in [0.1, 0.15) is 23.5 Å². The molecule has 0 saturated carbocycles. The van der Waals surface area contributed by atoms with Gasteiger partial charge < -0.3 is 10.0 Å². The molecule has 1 N–H and O–H groups in total. The Hall–Kier alpha value is -2.52. The third-order valence-electron chi connectivity index (χ3n) is 4.78. The SMILES string of the molecule is N#Cc1ccc(N2CCC[C@](CO)(Cc3ccc(F)cc3F)C2)nc1. The summed E-state index contributed by atoms with van der Waals surface area (Å²) < 4.78 is 27.2. The van der Waals surface area contributed by atoms with Crippen molar-refractivity contribution in [2.75, 3.05) is 24.6 Å². The molecule has 25 heavy (non-hydrogen) atoms. The Morgan fingerprint density at radius 1 is 1.28 bits per heavy atom. The van der Waals surface area contributed by atoms with Crippen LogP contribution in [0.3, 0.4) is 0 Å². The van der Waals surface area contributed by atoms with Crippen LogP contribution in [0.25, 0.3) is 0 Å². The van der Waals surface area contributed by atoms with Crippen molar-refractivity contribution in [3.8, 4) is 6.07 Å². The van der Waals surface area contributed by atoms with Crippen LogP contribution in [0.15, 0.2) is 36.5 Å². The fraction of sp³-hybridized carbons (Fsp3) is 0.368. The summed E-state index contributed by atoms with van der Waals surface area (Å²) >= 11 is 0. The predicted octanol–water partition coefficient (Wildman–Crippen LogP) is 3.05. The molecule has 0 spiro atoms. The number of anilines is 1. The van der Waals surface area contributed by atoms with Crippen LogP contribution in [0.1, 0.15) is 24.0 Å². The van der Waals surface area contributed by atoms with Crippen LogP contribution < -0.4 is 4.90 Å². The van der Waals surface area contributed by atoms with Gasteiger partial charge in [0.05, 0.1) is 12.2 Å². The summed E-state index contributed by atoms with van der Waals surface area (Å²) in [4.78, 5) is 6.35. The maximum absolute atomic E-state index is 14.0. The van der Waals surface area contributed by atoms with E-state index in [-0.39, 0.29) is 6.61 Å². The Morgan fingerprint density at radius 2 is 2.12 bits per heavy atom. The molecule has 1 aromatic heterocycles. The molecule has 1 aromatic carbocycles. The molecule has 1 fully saturated rings. The number of aliphatic hydroxyl groups is 1. The van der Waals surface area contributed by atoms with E-state index in [9.17, 15) is 13.9 Å². The summed E-state index contributed by atoms with van der Waals surface area (Å²) in [6, 6.07) is 9.09. The summed E-state index contributed by atoms with van der Waals surface area (Å²) in [7, 11) is 0. The molecule has 4 nitrogen and oxygen atoms in total. The van der Waals surface area contributed by atoms with Crippen molar-refractivity contribution >= 4 is 5.82 Å². The first-order chi connectivity index (χ1) is 12.0. The normalized spacial score (nSPS) is 20.3. The second-order valence-corrected chi connectivity index (χ2v) is 6.61. The first-order valence-electron chi connectivity index (χ1n) is 8.21. The Bertz CT molecular complexity index is 788. The number of benzene rings is 1. The second-order valence-electron chi connectivity index (χ2n) is 6.61. The van der Waals surface area contributed by atoms with Gasteiger partial charge >= 0.3 is 0 Å². The van der Waals surface area contributed by atoms with Crippen LogP contribution >= 0.6 is 0 Å². The predicted molar refractivity (Wildman–Crippen MR) is 90.0 cm³/mol. The zero-order chi connectivity index (χ0) is 17.9. The number of nitrogens with zero attached hydrogens (tertiary/aromatic N) is 3. The van der Waals surface area contributed by atoms with E-state index >= 15 is 0 Å². The Balaban J connectivity index is 1.81. The summed E-state index contributed by atoms with van der Waals surface area (Å²) in [5, 5.41) is 18.9. The van der Waals surface area contributed by atoms with Gasteiger partial charge in [0.25, 0.3) is 0 Å². The minimum atomic E-state index is -0.605. The van der Waals surface area contributed by atoms with Crippen LogP contribution in [0, 0.1) is 28.4 Å². The fourth-order valence-corrected chi connectivity index (χ4v) is 3.44. The van der Waals surface area contributed by atoms with Crippen molar-refractivity contribution in [1.29, 1.82) is 5.26 Å². The van der Waals surface area contributed by atoms with Crippen LogP contribution in [0.2, 0.25) is 0 Å². The van der Waals surface area contributed by atoms with Crippen LogP contribution in [0.4, 0.5) is 14.6 Å². The minimum absolute atomic E-state index is 0.0867. The lowest BCUT2D eigenvalue weighted by Gasteiger charge is -2.42. The molecule has 1 aliphatic rings. The lowest BCUT2D eigenvalue weighted by Crippen LogP contribution is -2.47. The number of piperidine rings is 1. The van der Waals surface area contributed by atoms with Gasteiger partial charge in [0.2, 0.25) is 0 Å². The number of aromatic nitrogens is 1. The number of nitriles is 1. The van der Waals surface area contributed by atoms with Gasteiger partial charge in [0, 0.05) is 30.8 Å². The zero-order valence-corrected chi connectivity index (χ0v) is 13.8. The summed E-state index contributed by atoms with van der Waals surface area (Å²) in [5.41, 5.74) is 0.389. The highest BCUT2D eigenvalue weighted by Gasteiger charge is 2.36. The van der Waals surface area contributed by atoms with Crippen LogP contribution in [0.5, 0.6) is 0 Å². The average Bonchev–Trinajstić information content (AvgIpc) is 2.64. The minimum Gasteiger partial charge on any atom is -0.396 e. The van der Waals surface area contributed by atoms with Crippen molar-refractivity contribution in [3.63, 3.8) is 0 Å². The number of pyridine rings is 1. The highest BCUT2D eigenvalue weighted by molar-refractivity contribution is 5.43. The van der Waals surface area contributed by atoms with Crippen molar-refractivity contribution in [1.82, 2.24) is 4.98 Å². The molecule has 0 aliphatic carbocycles. The molecule has 0 bridgehead atoms. The number of halogens is 2. The highest BCUT2D eigenvalue weighted by atomic mass is 19.1. The van der Waals surface area contributed by atoms with Gasteiger partial charge in [0.15, 0.2) is 0 Å². The van der Waals surface area contributed by atoms with Crippen LogP contribution in [-0.2, 0) is 6.42 Å². The monoisotopic (exact) mass is 343 g/mol. The van der Waals surface area contributed by atoms with Gasteiger partial charge in [-0.1, -0.05) is 6.07 Å². The molecular formula is C19H19F2N3O. The third-order valence-corrected chi connectivity index (χ3v) is 4.78. The molecule has 130 valence electrons. The number of hydrogen-bond donors (Lipinski definition) is 1. The quantitative estimate of drug-likeness (QED) is 0.927. The van der Waals surface area contributed by atoms with E-state index in [2.05, 4.69) is 4.98 Å². The number of rotatable bonds is 4.